The largest absolute Gasteiger partial charge is 0.455 e. The van der Waals surface area contributed by atoms with Crippen LogP contribution in [0.2, 0.25) is 0 Å². The highest BCUT2D eigenvalue weighted by molar-refractivity contribution is 5.89. The fraction of sp³-hybridized carbons (Fsp3) is 0.267. The Balaban J connectivity index is 1.32. The molecule has 2 atom stereocenters. The minimum Gasteiger partial charge on any atom is -0.455 e. The van der Waals surface area contributed by atoms with Gasteiger partial charge in [0, 0.05) is 13.1 Å². The lowest BCUT2D eigenvalue weighted by atomic mass is 10.1. The van der Waals surface area contributed by atoms with Crippen LogP contribution in [0.4, 0.5) is 9.59 Å². The van der Waals surface area contributed by atoms with Crippen LogP contribution in [0.5, 0.6) is 0 Å². The van der Waals surface area contributed by atoms with E-state index >= 15 is 0 Å². The maximum Gasteiger partial charge on any atom is 0.407 e. The minimum atomic E-state index is -0.656. The monoisotopic (exact) mass is 548 g/mol. The molecule has 0 radical (unpaired) electrons. The summed E-state index contributed by atoms with van der Waals surface area (Å²) in [5.41, 5.74) is 2.41. The van der Waals surface area contributed by atoms with Crippen LogP contribution in [0, 0.1) is 0 Å². The van der Waals surface area contributed by atoms with Gasteiger partial charge in [-0.2, -0.15) is 0 Å². The molecule has 0 spiro atoms. The lowest BCUT2D eigenvalue weighted by Gasteiger charge is -2.15. The van der Waals surface area contributed by atoms with E-state index in [9.17, 15) is 19.2 Å². The quantitative estimate of drug-likeness (QED) is 0.248. The summed E-state index contributed by atoms with van der Waals surface area (Å²) in [5, 5.41) is 5.27. The number of esters is 2. The third kappa shape index (κ3) is 10.5. The lowest BCUT2D eigenvalue weighted by Crippen LogP contribution is -2.29. The molecule has 2 N–H and O–H groups in total. The summed E-state index contributed by atoms with van der Waals surface area (Å²) in [6.45, 7) is 3.46. The van der Waals surface area contributed by atoms with Crippen molar-refractivity contribution in [3.8, 4) is 0 Å². The highest BCUT2D eigenvalue weighted by Gasteiger charge is 2.15. The van der Waals surface area contributed by atoms with Crippen LogP contribution >= 0.6 is 0 Å². The number of carbonyl (C=O) groups is 4. The number of alkyl carbamates (subject to hydrolysis) is 2. The van der Waals surface area contributed by atoms with E-state index in [0.29, 0.717) is 11.1 Å². The molecule has 0 fully saturated rings. The van der Waals surface area contributed by atoms with Gasteiger partial charge in [-0.05, 0) is 49.2 Å². The van der Waals surface area contributed by atoms with E-state index in [1.807, 2.05) is 18.2 Å². The van der Waals surface area contributed by atoms with E-state index in [-0.39, 0.29) is 26.3 Å². The second-order valence-electron chi connectivity index (χ2n) is 8.89. The first-order valence-electron chi connectivity index (χ1n) is 12.7. The van der Waals surface area contributed by atoms with Gasteiger partial charge in [-0.3, -0.25) is 0 Å². The normalized spacial score (nSPS) is 11.8. The van der Waals surface area contributed by atoms with Gasteiger partial charge in [-0.1, -0.05) is 60.7 Å². The predicted octanol–water partition coefficient (Wildman–Crippen LogP) is 4.63. The molecule has 3 aromatic rings. The van der Waals surface area contributed by atoms with Gasteiger partial charge in [0.15, 0.2) is 0 Å². The number of carbonyl (C=O) groups excluding carboxylic acids is 4. The molecule has 10 nitrogen and oxygen atoms in total. The van der Waals surface area contributed by atoms with Crippen LogP contribution in [-0.4, -0.2) is 49.5 Å². The number of hydrogen-bond acceptors (Lipinski definition) is 8. The first-order valence-corrected chi connectivity index (χ1v) is 12.7. The Bertz CT molecular complexity index is 1170. The molecule has 0 saturated heterocycles. The third-order valence-electron chi connectivity index (χ3n) is 5.40. The maximum atomic E-state index is 12.1. The summed E-state index contributed by atoms with van der Waals surface area (Å²) in [5.74, 6) is -0.986. The van der Waals surface area contributed by atoms with E-state index < -0.39 is 36.3 Å². The van der Waals surface area contributed by atoms with Gasteiger partial charge in [0.25, 0.3) is 0 Å². The fourth-order valence-corrected chi connectivity index (χ4v) is 3.40. The topological polar surface area (TPSA) is 129 Å². The van der Waals surface area contributed by atoms with Gasteiger partial charge in [0.1, 0.15) is 25.4 Å². The molecule has 2 unspecified atom stereocenters. The highest BCUT2D eigenvalue weighted by Crippen LogP contribution is 2.08. The van der Waals surface area contributed by atoms with Crippen molar-refractivity contribution < 1.29 is 38.1 Å². The summed E-state index contributed by atoms with van der Waals surface area (Å²) in [6, 6.07) is 24.3. The third-order valence-corrected chi connectivity index (χ3v) is 5.40. The zero-order valence-electron chi connectivity index (χ0n) is 22.3. The summed E-state index contributed by atoms with van der Waals surface area (Å²) < 4.78 is 20.8. The second-order valence-corrected chi connectivity index (χ2v) is 8.89. The van der Waals surface area contributed by atoms with Gasteiger partial charge >= 0.3 is 24.1 Å². The van der Waals surface area contributed by atoms with Crippen molar-refractivity contribution >= 4 is 24.1 Å². The molecule has 210 valence electrons. The SMILES string of the molecule is CC(COC(=O)NCc1cccc(CNC(=O)OCC(C)OC(=O)c2ccccc2)c1)OC(=O)c1ccccc1. The number of ether oxygens (including phenoxy) is 4. The summed E-state index contributed by atoms with van der Waals surface area (Å²) in [7, 11) is 0. The Morgan fingerprint density at radius 3 is 1.40 bits per heavy atom. The Kier molecular flexibility index (Phi) is 11.5. The van der Waals surface area contributed by atoms with Gasteiger partial charge in [-0.25, -0.2) is 19.2 Å². The van der Waals surface area contributed by atoms with Gasteiger partial charge in [-0.15, -0.1) is 0 Å². The molecule has 0 aliphatic carbocycles. The lowest BCUT2D eigenvalue weighted by molar-refractivity contribution is 0.0148. The molecular formula is C30H32N2O8. The molecule has 0 aliphatic heterocycles. The first-order chi connectivity index (χ1) is 19.3. The maximum absolute atomic E-state index is 12.1. The Hall–Kier alpha value is -4.86. The Morgan fingerprint density at radius 1 is 0.600 bits per heavy atom. The molecule has 0 bridgehead atoms. The standard InChI is InChI=1S/C30H32N2O8/c1-21(39-27(33)25-12-5-3-6-13-25)19-37-29(35)31-17-23-10-9-11-24(16-23)18-32-30(36)38-20-22(2)40-28(34)26-14-7-4-8-15-26/h3-16,21-22H,17-20H2,1-2H3,(H,31,35)(H,32,36). The van der Waals surface area contributed by atoms with Gasteiger partial charge in [0.05, 0.1) is 11.1 Å². The van der Waals surface area contributed by atoms with Crippen molar-refractivity contribution in [1.82, 2.24) is 10.6 Å². The zero-order valence-corrected chi connectivity index (χ0v) is 22.3. The van der Waals surface area contributed by atoms with Crippen molar-refractivity contribution in [2.24, 2.45) is 0 Å². The van der Waals surface area contributed by atoms with E-state index in [4.69, 9.17) is 18.9 Å². The molecule has 3 rings (SSSR count). The Morgan fingerprint density at radius 2 is 1.00 bits per heavy atom. The Labute approximate surface area is 232 Å². The van der Waals surface area contributed by atoms with Crippen LogP contribution in [-0.2, 0) is 32.0 Å². The number of amides is 2. The molecule has 0 saturated carbocycles. The van der Waals surface area contributed by atoms with Crippen LogP contribution in [0.25, 0.3) is 0 Å². The van der Waals surface area contributed by atoms with Crippen LogP contribution < -0.4 is 10.6 Å². The van der Waals surface area contributed by atoms with Crippen molar-refractivity contribution in [2.75, 3.05) is 13.2 Å². The number of hydrogen-bond donors (Lipinski definition) is 2. The smallest absolute Gasteiger partial charge is 0.407 e. The average Bonchev–Trinajstić information content (AvgIpc) is 2.98. The van der Waals surface area contributed by atoms with Crippen molar-refractivity contribution in [3.63, 3.8) is 0 Å². The summed E-state index contributed by atoms with van der Waals surface area (Å²) in [6.07, 6.45) is -2.55. The van der Waals surface area contributed by atoms with E-state index in [1.165, 1.54) is 0 Å². The first kappa shape index (κ1) is 29.7. The van der Waals surface area contributed by atoms with E-state index in [0.717, 1.165) is 11.1 Å². The molecule has 3 aromatic carbocycles. The fourth-order valence-electron chi connectivity index (χ4n) is 3.40. The summed E-state index contributed by atoms with van der Waals surface area (Å²) in [4.78, 5) is 48.3. The van der Waals surface area contributed by atoms with Crippen molar-refractivity contribution in [3.05, 3.63) is 107 Å². The number of rotatable bonds is 12. The van der Waals surface area contributed by atoms with Crippen LogP contribution in [0.3, 0.4) is 0 Å². The molecule has 2 amide bonds. The number of nitrogens with one attached hydrogen (secondary N) is 2. The van der Waals surface area contributed by atoms with Crippen molar-refractivity contribution in [1.29, 1.82) is 0 Å². The van der Waals surface area contributed by atoms with Gasteiger partial charge < -0.3 is 29.6 Å². The number of benzene rings is 3. The van der Waals surface area contributed by atoms with Gasteiger partial charge in [0.2, 0.25) is 0 Å². The molecular weight excluding hydrogens is 516 g/mol. The van der Waals surface area contributed by atoms with E-state index in [2.05, 4.69) is 10.6 Å². The highest BCUT2D eigenvalue weighted by atomic mass is 16.6. The molecule has 10 heteroatoms. The molecule has 0 aromatic heterocycles. The average molecular weight is 549 g/mol. The molecule has 40 heavy (non-hydrogen) atoms. The van der Waals surface area contributed by atoms with Crippen LogP contribution in [0.15, 0.2) is 84.9 Å². The predicted molar refractivity (Wildman–Crippen MR) is 145 cm³/mol. The minimum absolute atomic E-state index is 0.0967. The van der Waals surface area contributed by atoms with Crippen LogP contribution in [0.1, 0.15) is 45.7 Å². The second kappa shape index (κ2) is 15.5. The molecule has 0 heterocycles. The molecule has 0 aliphatic rings. The zero-order chi connectivity index (χ0) is 28.7. The summed E-state index contributed by atoms with van der Waals surface area (Å²) >= 11 is 0. The van der Waals surface area contributed by atoms with E-state index in [1.54, 1.807) is 80.6 Å². The van der Waals surface area contributed by atoms with Crippen molar-refractivity contribution in [2.45, 2.75) is 39.1 Å².